The zero-order valence-corrected chi connectivity index (χ0v) is 29.4. The molecule has 4 aliphatic rings. The maximum absolute atomic E-state index is 13.8. The number of aliphatic carboxylic acids is 1. The molecule has 4 N–H and O–H groups in total. The smallest absolute Gasteiger partial charge is 0.460 e. The number of fused-ring (bicyclic) bond motifs is 6. The van der Waals surface area contributed by atoms with Crippen molar-refractivity contribution in [2.75, 3.05) is 0 Å². The maximum Gasteiger partial charge on any atom is 0.460 e. The normalized spacial score (nSPS) is 30.5. The van der Waals surface area contributed by atoms with Crippen molar-refractivity contribution < 1.29 is 64.7 Å². The zero-order valence-electron chi connectivity index (χ0n) is 29.4. The van der Waals surface area contributed by atoms with Gasteiger partial charge in [-0.15, -0.1) is 0 Å². The van der Waals surface area contributed by atoms with E-state index < -0.39 is 61.2 Å². The standard InChI is InChI=1S/C38H51F9O5/c1-33-17-15-25-24-14-13-23(48)20-27(24)31(50)26(30(25)28(33)21-29(49)34(33)18-19-34)12-8-6-4-2-3-5-7-10-22(32(51)52)11-9-16-35(39,40)36(41,42)37(43,44)38(45,46)47/h13-14,20,22,25-26,28-31,48-50H,2-12,15-19,21H2,1H3,(H,51,52)/t22?,25?,26-,28?,29+,30?,31+,33-/m0/s1. The van der Waals surface area contributed by atoms with E-state index in [0.29, 0.717) is 18.8 Å². The number of carbonyl (C=O) groups is 1. The van der Waals surface area contributed by atoms with Crippen LogP contribution in [-0.2, 0) is 4.79 Å². The third-order valence-electron chi connectivity index (χ3n) is 13.6. The molecule has 3 saturated carbocycles. The van der Waals surface area contributed by atoms with Gasteiger partial charge in [0.25, 0.3) is 0 Å². The Labute approximate surface area is 298 Å². The lowest BCUT2D eigenvalue weighted by molar-refractivity contribution is -0.396. The molecule has 1 spiro atoms. The SMILES string of the molecule is C[C@]12CCC3c4ccc(O)cc4[C@H](O)[C@@H](CCCCCCCCCC(CCCC(F)(F)C(F)(F)C(F)(F)C(F)(F)F)C(=O)O)C3C1C[C@@H](O)C21CC1. The van der Waals surface area contributed by atoms with Crippen molar-refractivity contribution in [3.8, 4) is 5.75 Å². The third kappa shape index (κ3) is 7.17. The molecule has 3 fully saturated rings. The molecule has 0 radical (unpaired) electrons. The average Bonchev–Trinajstić information content (AvgIpc) is 3.84. The number of unbranched alkanes of at least 4 members (excludes halogenated alkanes) is 6. The Bertz CT molecular complexity index is 1410. The van der Waals surface area contributed by atoms with E-state index in [-0.39, 0.29) is 46.9 Å². The minimum Gasteiger partial charge on any atom is -0.508 e. The predicted octanol–water partition coefficient (Wildman–Crippen LogP) is 10.6. The van der Waals surface area contributed by atoms with Crippen LogP contribution in [0.1, 0.15) is 139 Å². The van der Waals surface area contributed by atoms with Gasteiger partial charge >= 0.3 is 29.9 Å². The largest absolute Gasteiger partial charge is 0.508 e. The quantitative estimate of drug-likeness (QED) is 0.0937. The number of aliphatic hydroxyl groups excluding tert-OH is 2. The van der Waals surface area contributed by atoms with Crippen LogP contribution in [0.2, 0.25) is 0 Å². The van der Waals surface area contributed by atoms with E-state index in [1.165, 1.54) is 0 Å². The molecule has 0 aliphatic heterocycles. The first-order chi connectivity index (χ1) is 24.1. The number of phenols is 1. The van der Waals surface area contributed by atoms with Crippen LogP contribution in [0.5, 0.6) is 5.75 Å². The van der Waals surface area contributed by atoms with Gasteiger partial charge in [0.1, 0.15) is 5.75 Å². The lowest BCUT2D eigenvalue weighted by atomic mass is 9.50. The van der Waals surface area contributed by atoms with Gasteiger partial charge in [-0.25, -0.2) is 0 Å². The number of aromatic hydroxyl groups is 1. The summed E-state index contributed by atoms with van der Waals surface area (Å²) in [6, 6.07) is 5.33. The minimum absolute atomic E-state index is 0.00900. The molecule has 0 bridgehead atoms. The number of alkyl halides is 9. The Hall–Kier alpha value is -2.22. The maximum atomic E-state index is 13.8. The van der Waals surface area contributed by atoms with Gasteiger partial charge in [0.15, 0.2) is 0 Å². The number of aliphatic hydroxyl groups is 2. The molecule has 8 atom stereocenters. The number of hydrogen-bond donors (Lipinski definition) is 4. The summed E-state index contributed by atoms with van der Waals surface area (Å²) in [6.07, 6.45) is -0.608. The number of carboxylic acids is 1. The summed E-state index contributed by atoms with van der Waals surface area (Å²) in [4.78, 5) is 11.6. The molecule has 4 unspecified atom stereocenters. The Balaban J connectivity index is 1.06. The van der Waals surface area contributed by atoms with Crippen LogP contribution in [0.25, 0.3) is 0 Å². The molecule has 5 nitrogen and oxygen atoms in total. The first-order valence-corrected chi connectivity index (χ1v) is 18.7. The highest BCUT2D eigenvalue weighted by molar-refractivity contribution is 5.69. The van der Waals surface area contributed by atoms with E-state index in [1.807, 2.05) is 6.07 Å². The van der Waals surface area contributed by atoms with Gasteiger partial charge in [0, 0.05) is 11.8 Å². The minimum atomic E-state index is -6.95. The molecule has 1 aromatic carbocycles. The molecule has 1 aromatic rings. The summed E-state index contributed by atoms with van der Waals surface area (Å²) in [5.74, 6) is -21.1. The first kappa shape index (κ1) is 41.0. The van der Waals surface area contributed by atoms with E-state index in [0.717, 1.165) is 81.8 Å². The molecule has 5 rings (SSSR count). The van der Waals surface area contributed by atoms with Gasteiger partial charge in [-0.2, -0.15) is 39.5 Å². The molecular formula is C38H51F9O5. The second kappa shape index (κ2) is 14.8. The molecule has 52 heavy (non-hydrogen) atoms. The van der Waals surface area contributed by atoms with Crippen molar-refractivity contribution in [3.63, 3.8) is 0 Å². The molecule has 0 saturated heterocycles. The van der Waals surface area contributed by atoms with E-state index in [2.05, 4.69) is 6.92 Å². The predicted molar refractivity (Wildman–Crippen MR) is 173 cm³/mol. The lowest BCUT2D eigenvalue weighted by Crippen LogP contribution is -2.60. The van der Waals surface area contributed by atoms with Crippen LogP contribution in [0.15, 0.2) is 18.2 Å². The highest BCUT2D eigenvalue weighted by Gasteiger charge is 2.81. The highest BCUT2D eigenvalue weighted by Crippen LogP contribution is 2.76. The fourth-order valence-corrected chi connectivity index (χ4v) is 10.5. The van der Waals surface area contributed by atoms with Crippen LogP contribution in [0.4, 0.5) is 39.5 Å². The Morgan fingerprint density at radius 2 is 1.42 bits per heavy atom. The Kier molecular flexibility index (Phi) is 11.6. The molecular weight excluding hydrogens is 707 g/mol. The van der Waals surface area contributed by atoms with Gasteiger partial charge in [0.05, 0.1) is 18.1 Å². The van der Waals surface area contributed by atoms with Crippen LogP contribution in [0.3, 0.4) is 0 Å². The van der Waals surface area contributed by atoms with Crippen LogP contribution in [-0.4, -0.2) is 56.4 Å². The van der Waals surface area contributed by atoms with Crippen LogP contribution < -0.4 is 0 Å². The van der Waals surface area contributed by atoms with Crippen molar-refractivity contribution in [1.82, 2.24) is 0 Å². The average molecular weight is 759 g/mol. The van der Waals surface area contributed by atoms with Gasteiger partial charge in [-0.05, 0) is 110 Å². The number of benzene rings is 1. The zero-order chi connectivity index (χ0) is 38.5. The summed E-state index contributed by atoms with van der Waals surface area (Å²) in [7, 11) is 0. The van der Waals surface area contributed by atoms with E-state index in [1.54, 1.807) is 12.1 Å². The van der Waals surface area contributed by atoms with E-state index in [4.69, 9.17) is 0 Å². The van der Waals surface area contributed by atoms with Gasteiger partial charge in [-0.1, -0.05) is 57.9 Å². The number of hydrogen-bond acceptors (Lipinski definition) is 4. The number of rotatable bonds is 17. The summed E-state index contributed by atoms with van der Waals surface area (Å²) < 4.78 is 118. The molecule has 296 valence electrons. The number of halogens is 9. The summed E-state index contributed by atoms with van der Waals surface area (Å²) >= 11 is 0. The fourth-order valence-electron chi connectivity index (χ4n) is 10.5. The number of phenolic OH excluding ortho intramolecular Hbond substituents is 1. The summed E-state index contributed by atoms with van der Waals surface area (Å²) in [6.45, 7) is 2.34. The third-order valence-corrected chi connectivity index (χ3v) is 13.6. The Morgan fingerprint density at radius 3 is 2.02 bits per heavy atom. The van der Waals surface area contributed by atoms with E-state index in [9.17, 15) is 64.7 Å². The molecule has 0 aromatic heterocycles. The van der Waals surface area contributed by atoms with Gasteiger partial charge in [-0.3, -0.25) is 4.79 Å². The van der Waals surface area contributed by atoms with Crippen molar-refractivity contribution in [2.45, 2.75) is 158 Å². The van der Waals surface area contributed by atoms with Crippen LogP contribution in [0, 0.1) is 34.5 Å². The van der Waals surface area contributed by atoms with Crippen molar-refractivity contribution in [1.29, 1.82) is 0 Å². The van der Waals surface area contributed by atoms with Crippen molar-refractivity contribution in [2.24, 2.45) is 34.5 Å². The van der Waals surface area contributed by atoms with E-state index >= 15 is 0 Å². The topological polar surface area (TPSA) is 98.0 Å². The molecule has 0 amide bonds. The van der Waals surface area contributed by atoms with Gasteiger partial charge < -0.3 is 20.4 Å². The summed E-state index contributed by atoms with van der Waals surface area (Å²) in [5, 5.41) is 42.6. The summed E-state index contributed by atoms with van der Waals surface area (Å²) in [5.41, 5.74) is 1.93. The lowest BCUT2D eigenvalue weighted by Gasteiger charge is -2.55. The fraction of sp³-hybridized carbons (Fsp3) is 0.816. The molecule has 4 aliphatic carbocycles. The van der Waals surface area contributed by atoms with Crippen molar-refractivity contribution in [3.05, 3.63) is 29.3 Å². The molecule has 0 heterocycles. The van der Waals surface area contributed by atoms with Gasteiger partial charge in [0.2, 0.25) is 0 Å². The second-order valence-corrected chi connectivity index (χ2v) is 16.4. The monoisotopic (exact) mass is 758 g/mol. The second-order valence-electron chi connectivity index (χ2n) is 16.4. The van der Waals surface area contributed by atoms with Crippen molar-refractivity contribution >= 4 is 5.97 Å². The number of carboxylic acid groups (broad SMARTS) is 1. The Morgan fingerprint density at radius 1 is 0.827 bits per heavy atom. The first-order valence-electron chi connectivity index (χ1n) is 18.7. The molecule has 14 heteroatoms. The highest BCUT2D eigenvalue weighted by atomic mass is 19.4. The van der Waals surface area contributed by atoms with Crippen LogP contribution >= 0.6 is 0 Å².